The molecule has 1 atom stereocenters. The van der Waals surface area contributed by atoms with E-state index in [9.17, 15) is 14.7 Å². The molecule has 0 fully saturated rings. The smallest absolute Gasteiger partial charge is 0.266 e. The summed E-state index contributed by atoms with van der Waals surface area (Å²) >= 11 is 0. The molecule has 21 heavy (non-hydrogen) atoms. The Bertz CT molecular complexity index is 746. The number of amides is 2. The molecule has 1 N–H and O–H groups in total. The van der Waals surface area contributed by atoms with Gasteiger partial charge < -0.3 is 5.11 Å². The van der Waals surface area contributed by atoms with Crippen LogP contribution in [-0.4, -0.2) is 23.0 Å². The van der Waals surface area contributed by atoms with E-state index in [1.807, 2.05) is 12.1 Å². The molecule has 1 aliphatic carbocycles. The molecule has 2 aromatic carbocycles. The van der Waals surface area contributed by atoms with Gasteiger partial charge in [-0.3, -0.25) is 9.59 Å². The lowest BCUT2D eigenvalue weighted by molar-refractivity contribution is 0.0926. The first-order chi connectivity index (χ1) is 10.1. The van der Waals surface area contributed by atoms with Crippen molar-refractivity contribution in [2.24, 2.45) is 0 Å². The molecule has 1 heterocycles. The summed E-state index contributed by atoms with van der Waals surface area (Å²) in [5.41, 5.74) is 3.57. The summed E-state index contributed by atoms with van der Waals surface area (Å²) in [4.78, 5) is 26.1. The summed E-state index contributed by atoms with van der Waals surface area (Å²) in [7, 11) is 0. The predicted molar refractivity (Wildman–Crippen MR) is 77.4 cm³/mol. The summed E-state index contributed by atoms with van der Waals surface area (Å²) in [5, 5.41) is 9.71. The molecule has 0 spiro atoms. The minimum absolute atomic E-state index is 0.283. The minimum atomic E-state index is -0.363. The average molecular weight is 279 g/mol. The van der Waals surface area contributed by atoms with Crippen molar-refractivity contribution < 1.29 is 14.7 Å². The second kappa shape index (κ2) is 4.27. The molecule has 4 rings (SSSR count). The van der Waals surface area contributed by atoms with E-state index in [4.69, 9.17) is 0 Å². The Kier molecular flexibility index (Phi) is 2.50. The zero-order valence-corrected chi connectivity index (χ0v) is 11.2. The van der Waals surface area contributed by atoms with Crippen LogP contribution in [0.3, 0.4) is 0 Å². The highest BCUT2D eigenvalue weighted by Gasteiger charge is 2.36. The van der Waals surface area contributed by atoms with Crippen LogP contribution in [-0.2, 0) is 12.8 Å². The highest BCUT2D eigenvalue weighted by Crippen LogP contribution is 2.32. The molecule has 2 aliphatic rings. The Morgan fingerprint density at radius 3 is 2.19 bits per heavy atom. The molecule has 1 unspecified atom stereocenters. The number of anilines is 1. The number of benzene rings is 2. The van der Waals surface area contributed by atoms with Gasteiger partial charge in [0.2, 0.25) is 0 Å². The first kappa shape index (κ1) is 12.3. The molecule has 2 aromatic rings. The van der Waals surface area contributed by atoms with E-state index in [0.717, 1.165) is 11.1 Å². The van der Waals surface area contributed by atoms with E-state index < -0.39 is 0 Å². The second-order valence-corrected chi connectivity index (χ2v) is 5.51. The van der Waals surface area contributed by atoms with Crippen molar-refractivity contribution >= 4 is 17.5 Å². The minimum Gasteiger partial charge on any atom is -0.392 e. The van der Waals surface area contributed by atoms with Gasteiger partial charge in [-0.25, -0.2) is 4.90 Å². The first-order valence-corrected chi connectivity index (χ1v) is 6.93. The zero-order chi connectivity index (χ0) is 14.6. The fourth-order valence-electron chi connectivity index (χ4n) is 3.14. The van der Waals surface area contributed by atoms with Gasteiger partial charge >= 0.3 is 0 Å². The van der Waals surface area contributed by atoms with Crippen molar-refractivity contribution in [3.63, 3.8) is 0 Å². The van der Waals surface area contributed by atoms with Gasteiger partial charge in [-0.15, -0.1) is 0 Å². The van der Waals surface area contributed by atoms with Crippen LogP contribution in [0.2, 0.25) is 0 Å². The molecule has 2 amide bonds. The SMILES string of the molecule is O=C1c2ccccc2C(=O)N1c1ccc2c(c1)CC(O)C2. The van der Waals surface area contributed by atoms with E-state index in [1.165, 1.54) is 4.90 Å². The van der Waals surface area contributed by atoms with Gasteiger partial charge in [0.1, 0.15) is 0 Å². The molecule has 0 radical (unpaired) electrons. The van der Waals surface area contributed by atoms with E-state index in [-0.39, 0.29) is 17.9 Å². The summed E-state index contributed by atoms with van der Waals surface area (Å²) in [6.07, 6.45) is 0.849. The highest BCUT2D eigenvalue weighted by molar-refractivity contribution is 6.34. The predicted octanol–water partition coefficient (Wildman–Crippen LogP) is 1.95. The van der Waals surface area contributed by atoms with Gasteiger partial charge in [0.15, 0.2) is 0 Å². The quantitative estimate of drug-likeness (QED) is 0.812. The van der Waals surface area contributed by atoms with Crippen LogP contribution in [0.4, 0.5) is 5.69 Å². The summed E-state index contributed by atoms with van der Waals surface area (Å²) in [5.74, 6) is -0.566. The first-order valence-electron chi connectivity index (χ1n) is 6.93. The maximum Gasteiger partial charge on any atom is 0.266 e. The van der Waals surface area contributed by atoms with Gasteiger partial charge in [-0.1, -0.05) is 18.2 Å². The number of hydrogen-bond acceptors (Lipinski definition) is 3. The highest BCUT2D eigenvalue weighted by atomic mass is 16.3. The lowest BCUT2D eigenvalue weighted by atomic mass is 10.1. The normalized spacial score (nSPS) is 19.9. The van der Waals surface area contributed by atoms with Crippen molar-refractivity contribution in [2.45, 2.75) is 18.9 Å². The fourth-order valence-corrected chi connectivity index (χ4v) is 3.14. The summed E-state index contributed by atoms with van der Waals surface area (Å²) in [6.45, 7) is 0. The van der Waals surface area contributed by atoms with E-state index in [0.29, 0.717) is 29.7 Å². The molecule has 4 nitrogen and oxygen atoms in total. The molecule has 4 heteroatoms. The van der Waals surface area contributed by atoms with Crippen LogP contribution in [0.25, 0.3) is 0 Å². The van der Waals surface area contributed by atoms with Crippen LogP contribution >= 0.6 is 0 Å². The maximum atomic E-state index is 12.4. The monoisotopic (exact) mass is 279 g/mol. The Hall–Kier alpha value is -2.46. The number of rotatable bonds is 1. The zero-order valence-electron chi connectivity index (χ0n) is 11.2. The van der Waals surface area contributed by atoms with E-state index >= 15 is 0 Å². The third kappa shape index (κ3) is 1.73. The van der Waals surface area contributed by atoms with Crippen molar-refractivity contribution in [1.29, 1.82) is 0 Å². The van der Waals surface area contributed by atoms with Crippen molar-refractivity contribution in [2.75, 3.05) is 4.90 Å². The van der Waals surface area contributed by atoms with Gasteiger partial charge in [0, 0.05) is 0 Å². The maximum absolute atomic E-state index is 12.4. The van der Waals surface area contributed by atoms with Crippen LogP contribution in [0, 0.1) is 0 Å². The molecule has 0 bridgehead atoms. The molecule has 104 valence electrons. The van der Waals surface area contributed by atoms with Crippen LogP contribution in [0.1, 0.15) is 31.8 Å². The number of hydrogen-bond donors (Lipinski definition) is 1. The van der Waals surface area contributed by atoms with Gasteiger partial charge in [-0.05, 0) is 48.2 Å². The molecule has 1 aliphatic heterocycles. The van der Waals surface area contributed by atoms with Gasteiger partial charge in [-0.2, -0.15) is 0 Å². The third-order valence-corrected chi connectivity index (χ3v) is 4.15. The number of imide groups is 1. The van der Waals surface area contributed by atoms with Gasteiger partial charge in [0.25, 0.3) is 11.8 Å². The summed E-state index contributed by atoms with van der Waals surface area (Å²) in [6, 6.07) is 12.4. The lowest BCUT2D eigenvalue weighted by Gasteiger charge is -2.15. The molecule has 0 aromatic heterocycles. The third-order valence-electron chi connectivity index (χ3n) is 4.15. The van der Waals surface area contributed by atoms with Crippen molar-refractivity contribution in [1.82, 2.24) is 0 Å². The average Bonchev–Trinajstić information content (AvgIpc) is 2.97. The number of aliphatic hydroxyl groups is 1. The lowest BCUT2D eigenvalue weighted by Crippen LogP contribution is -2.29. The summed E-state index contributed by atoms with van der Waals surface area (Å²) < 4.78 is 0. The number of carbonyl (C=O) groups is 2. The van der Waals surface area contributed by atoms with E-state index in [1.54, 1.807) is 30.3 Å². The van der Waals surface area contributed by atoms with Crippen molar-refractivity contribution in [3.8, 4) is 0 Å². The van der Waals surface area contributed by atoms with Crippen LogP contribution in [0.5, 0.6) is 0 Å². The number of fused-ring (bicyclic) bond motifs is 2. The number of carbonyl (C=O) groups excluding carboxylic acids is 2. The van der Waals surface area contributed by atoms with E-state index in [2.05, 4.69) is 0 Å². The molecular weight excluding hydrogens is 266 g/mol. The largest absolute Gasteiger partial charge is 0.392 e. The van der Waals surface area contributed by atoms with Crippen LogP contribution in [0.15, 0.2) is 42.5 Å². The molecule has 0 saturated carbocycles. The number of nitrogens with zero attached hydrogens (tertiary/aromatic N) is 1. The molecular formula is C17H13NO3. The fraction of sp³-hybridized carbons (Fsp3) is 0.176. The second-order valence-electron chi connectivity index (χ2n) is 5.51. The Labute approximate surface area is 121 Å². The standard InChI is InChI=1S/C17H13NO3/c19-13-8-10-5-6-12(7-11(10)9-13)18-16(20)14-3-1-2-4-15(14)17(18)21/h1-7,13,19H,8-9H2. The van der Waals surface area contributed by atoms with Crippen LogP contribution < -0.4 is 4.90 Å². The van der Waals surface area contributed by atoms with Gasteiger partial charge in [0.05, 0.1) is 22.9 Å². The Balaban J connectivity index is 1.78. The topological polar surface area (TPSA) is 57.6 Å². The number of aliphatic hydroxyl groups excluding tert-OH is 1. The Morgan fingerprint density at radius 1 is 0.905 bits per heavy atom. The van der Waals surface area contributed by atoms with Crippen molar-refractivity contribution in [3.05, 3.63) is 64.7 Å². The Morgan fingerprint density at radius 2 is 1.52 bits per heavy atom. The molecule has 0 saturated heterocycles.